The van der Waals surface area contributed by atoms with E-state index in [2.05, 4.69) is 0 Å². The van der Waals surface area contributed by atoms with E-state index in [0.29, 0.717) is 12.8 Å². The molecule has 286 valence electrons. The zero-order valence-electron chi connectivity index (χ0n) is 31.6. The molecule has 3 fully saturated rings. The first-order valence-corrected chi connectivity index (χ1v) is 18.0. The number of likely N-dealkylation sites (N-methyl/N-ethyl adjacent to an activating group) is 1. The maximum absolute atomic E-state index is 14.0. The van der Waals surface area contributed by atoms with Gasteiger partial charge < -0.3 is 54.1 Å². The van der Waals surface area contributed by atoms with E-state index in [4.69, 9.17) is 23.7 Å². The molecule has 0 radical (unpaired) electrons. The lowest BCUT2D eigenvalue weighted by Crippen LogP contribution is -2.60. The monoisotopic (exact) mass is 703 g/mol. The molecule has 0 spiro atoms. The van der Waals surface area contributed by atoms with Gasteiger partial charge in [-0.05, 0) is 68.0 Å². The number of nitrogens with zero attached hydrogens (tertiary/aromatic N) is 1. The first-order chi connectivity index (χ1) is 22.5. The van der Waals surface area contributed by atoms with E-state index in [0.717, 1.165) is 0 Å². The highest BCUT2D eigenvalue weighted by Crippen LogP contribution is 2.40. The molecule has 0 aromatic carbocycles. The summed E-state index contributed by atoms with van der Waals surface area (Å²) in [6.45, 7) is 16.8. The summed E-state index contributed by atoms with van der Waals surface area (Å²) in [7, 11) is 3.70. The van der Waals surface area contributed by atoms with Crippen LogP contribution in [-0.4, -0.2) is 135 Å². The average Bonchev–Trinajstić information content (AvgIpc) is 3.01. The Bertz CT molecular complexity index is 1100. The van der Waals surface area contributed by atoms with Crippen molar-refractivity contribution >= 4 is 11.8 Å². The van der Waals surface area contributed by atoms with Crippen LogP contribution in [0.2, 0.25) is 0 Å². The molecule has 5 N–H and O–H groups in total. The second-order valence-corrected chi connectivity index (χ2v) is 16.0. The van der Waals surface area contributed by atoms with Gasteiger partial charge in [-0.2, -0.15) is 0 Å². The van der Waals surface area contributed by atoms with Gasteiger partial charge in [-0.25, -0.2) is 0 Å². The van der Waals surface area contributed by atoms with Crippen molar-refractivity contribution in [1.82, 2.24) is 4.90 Å². The van der Waals surface area contributed by atoms with Crippen molar-refractivity contribution in [3.63, 3.8) is 0 Å². The summed E-state index contributed by atoms with van der Waals surface area (Å²) >= 11 is 0. The SMILES string of the molecule is CC[C@H]1OC(=O)[C@H](C)[C@@H](OC2CC(C)(O)C(O)C(C)O2)[C@H](C)[C@@H](OC2OC(C)CC(N(C)C)C2O)[C@](C)(O)C[C@@H](C)C(=O)[C@H](C)[C@@H](O)[C@H]1C. The number of carbonyl (C=O) groups excluding carboxylic acids is 2. The highest BCUT2D eigenvalue weighted by molar-refractivity contribution is 5.83. The number of ketones is 1. The topological polar surface area (TPSA) is 185 Å². The molecule has 13 heteroatoms. The van der Waals surface area contributed by atoms with Gasteiger partial charge in [0.1, 0.15) is 24.1 Å². The van der Waals surface area contributed by atoms with E-state index >= 15 is 0 Å². The van der Waals surface area contributed by atoms with Crippen LogP contribution in [0.15, 0.2) is 0 Å². The fourth-order valence-corrected chi connectivity index (χ4v) is 8.17. The first kappa shape index (κ1) is 42.2. The predicted molar refractivity (Wildman–Crippen MR) is 180 cm³/mol. The number of rotatable bonds is 6. The van der Waals surface area contributed by atoms with Gasteiger partial charge in [-0.1, -0.05) is 34.6 Å². The largest absolute Gasteiger partial charge is 0.462 e. The average molecular weight is 704 g/mol. The number of ether oxygens (including phenoxy) is 5. The van der Waals surface area contributed by atoms with Gasteiger partial charge in [0, 0.05) is 36.1 Å². The Morgan fingerprint density at radius 1 is 0.837 bits per heavy atom. The fourth-order valence-electron chi connectivity index (χ4n) is 8.17. The molecule has 3 aliphatic rings. The number of carbonyl (C=O) groups is 2. The molecular formula is C36H65NO12. The van der Waals surface area contributed by atoms with E-state index in [1.54, 1.807) is 48.5 Å². The van der Waals surface area contributed by atoms with E-state index in [1.165, 1.54) is 6.92 Å². The van der Waals surface area contributed by atoms with Gasteiger partial charge in [0.15, 0.2) is 12.6 Å². The molecule has 0 aliphatic carbocycles. The smallest absolute Gasteiger partial charge is 0.311 e. The molecule has 49 heavy (non-hydrogen) atoms. The quantitative estimate of drug-likeness (QED) is 0.254. The van der Waals surface area contributed by atoms with Crippen LogP contribution >= 0.6 is 0 Å². The number of hydrogen-bond donors (Lipinski definition) is 5. The molecule has 18 atom stereocenters. The third-order valence-electron chi connectivity index (χ3n) is 11.3. The summed E-state index contributed by atoms with van der Waals surface area (Å²) in [6, 6.07) is -0.310. The number of esters is 1. The molecule has 8 unspecified atom stereocenters. The molecule has 3 saturated heterocycles. The number of aliphatic hydroxyl groups is 5. The van der Waals surface area contributed by atoms with Gasteiger partial charge in [0.05, 0.1) is 47.6 Å². The second-order valence-electron chi connectivity index (χ2n) is 16.0. The van der Waals surface area contributed by atoms with E-state index in [1.807, 2.05) is 32.8 Å². The van der Waals surface area contributed by atoms with Crippen molar-refractivity contribution in [3.05, 3.63) is 0 Å². The van der Waals surface area contributed by atoms with Crippen LogP contribution < -0.4 is 0 Å². The lowest BCUT2D eigenvalue weighted by atomic mass is 9.74. The number of cyclic esters (lactones) is 1. The van der Waals surface area contributed by atoms with Crippen LogP contribution in [0.25, 0.3) is 0 Å². The van der Waals surface area contributed by atoms with E-state index < -0.39 is 102 Å². The maximum atomic E-state index is 14.0. The number of Topliss-reactive ketones (excluding diaryl/α,β-unsaturated/α-hetero) is 1. The summed E-state index contributed by atoms with van der Waals surface area (Å²) in [5.74, 6) is -4.76. The third kappa shape index (κ3) is 9.60. The predicted octanol–water partition coefficient (Wildman–Crippen LogP) is 2.02. The van der Waals surface area contributed by atoms with Crippen LogP contribution in [0.3, 0.4) is 0 Å². The summed E-state index contributed by atoms with van der Waals surface area (Å²) in [5, 5.41) is 56.6. The van der Waals surface area contributed by atoms with Crippen molar-refractivity contribution in [3.8, 4) is 0 Å². The number of hydrogen-bond acceptors (Lipinski definition) is 13. The molecule has 3 aliphatic heterocycles. The van der Waals surface area contributed by atoms with Crippen molar-refractivity contribution in [2.75, 3.05) is 14.1 Å². The molecule has 13 nitrogen and oxygen atoms in total. The standard InChI is InChI=1S/C36H65NO12/c1-13-25-19(4)28(39)20(5)27(38)17(2)15-36(10,44)32(49-34-29(40)24(37(11)12)14-18(3)45-34)21(6)30(22(7)33(42)47-25)48-26-16-35(9,43)31(41)23(8)46-26/h17-26,28-32,34,39-41,43-44H,13-16H2,1-12H3/t17-,18?,19+,20+,21+,22-,23?,24?,25-,26?,28+,29?,30+,31?,32-,34?,35?,36-/m1/s1. The highest BCUT2D eigenvalue weighted by Gasteiger charge is 2.52. The maximum Gasteiger partial charge on any atom is 0.311 e. The minimum Gasteiger partial charge on any atom is -0.462 e. The zero-order valence-corrected chi connectivity index (χ0v) is 31.6. The van der Waals surface area contributed by atoms with Crippen molar-refractivity contribution in [1.29, 1.82) is 0 Å². The van der Waals surface area contributed by atoms with Gasteiger partial charge in [-0.15, -0.1) is 0 Å². The van der Waals surface area contributed by atoms with Crippen LogP contribution in [0, 0.1) is 29.6 Å². The molecule has 0 saturated carbocycles. The summed E-state index contributed by atoms with van der Waals surface area (Å²) in [5.41, 5.74) is -3.30. The molecule has 3 rings (SSSR count). The van der Waals surface area contributed by atoms with Crippen LogP contribution in [0.1, 0.15) is 94.9 Å². The molecule has 3 heterocycles. The van der Waals surface area contributed by atoms with Crippen LogP contribution in [0.5, 0.6) is 0 Å². The summed E-state index contributed by atoms with van der Waals surface area (Å²) in [6.07, 6.45) is -8.87. The van der Waals surface area contributed by atoms with Crippen molar-refractivity contribution in [2.45, 2.75) is 174 Å². The van der Waals surface area contributed by atoms with E-state index in [9.17, 15) is 35.1 Å². The Hall–Kier alpha value is -1.26. The first-order valence-electron chi connectivity index (χ1n) is 18.0. The Morgan fingerprint density at radius 3 is 2.00 bits per heavy atom. The van der Waals surface area contributed by atoms with Crippen molar-refractivity contribution < 1.29 is 58.8 Å². The Kier molecular flexibility index (Phi) is 14.3. The van der Waals surface area contributed by atoms with E-state index in [-0.39, 0.29) is 30.8 Å². The van der Waals surface area contributed by atoms with Gasteiger partial charge in [-0.3, -0.25) is 9.59 Å². The normalized spacial score (nSPS) is 49.8. The molecule has 0 bridgehead atoms. The van der Waals surface area contributed by atoms with Gasteiger partial charge in [0.2, 0.25) is 0 Å². The molecule has 0 amide bonds. The minimum absolute atomic E-state index is 0.0671. The fraction of sp³-hybridized carbons (Fsp3) is 0.944. The zero-order chi connectivity index (χ0) is 37.3. The molecular weight excluding hydrogens is 638 g/mol. The molecule has 0 aromatic rings. The lowest BCUT2D eigenvalue weighted by Gasteiger charge is -2.48. The van der Waals surface area contributed by atoms with Crippen molar-refractivity contribution in [2.24, 2.45) is 29.6 Å². The third-order valence-corrected chi connectivity index (χ3v) is 11.3. The summed E-state index contributed by atoms with van der Waals surface area (Å²) < 4.78 is 31.2. The number of aliphatic hydroxyl groups excluding tert-OH is 3. The Labute approximate surface area is 292 Å². The summed E-state index contributed by atoms with van der Waals surface area (Å²) in [4.78, 5) is 29.6. The highest BCUT2D eigenvalue weighted by atomic mass is 16.7. The van der Waals surface area contributed by atoms with Crippen LogP contribution in [-0.2, 0) is 33.3 Å². The minimum atomic E-state index is -1.74. The lowest BCUT2D eigenvalue weighted by molar-refractivity contribution is -0.316. The Balaban J connectivity index is 2.15. The molecule has 0 aromatic heterocycles. The Morgan fingerprint density at radius 2 is 1.45 bits per heavy atom. The van der Waals surface area contributed by atoms with Crippen LogP contribution in [0.4, 0.5) is 0 Å². The van der Waals surface area contributed by atoms with Gasteiger partial charge in [0.25, 0.3) is 0 Å². The second kappa shape index (κ2) is 16.6. The van der Waals surface area contributed by atoms with Gasteiger partial charge >= 0.3 is 5.97 Å².